The van der Waals surface area contributed by atoms with Crippen LogP contribution in [0.5, 0.6) is 0 Å². The van der Waals surface area contributed by atoms with Gasteiger partial charge in [0.15, 0.2) is 0 Å². The predicted molar refractivity (Wildman–Crippen MR) is 58.6 cm³/mol. The number of hydrogen-bond donors (Lipinski definition) is 0. The van der Waals surface area contributed by atoms with Gasteiger partial charge < -0.3 is 18.6 Å². The van der Waals surface area contributed by atoms with Crippen molar-refractivity contribution >= 4 is 5.97 Å². The molecule has 6 nitrogen and oxygen atoms in total. The second-order valence-electron chi connectivity index (χ2n) is 3.93. The van der Waals surface area contributed by atoms with Crippen molar-refractivity contribution < 1.29 is 23.4 Å². The SMILES string of the molecule is COCc1nc(C(C)(C)OC)oc1C(=O)OC. The number of aromatic nitrogens is 1. The standard InChI is InChI=1S/C11H17NO5/c1-11(2,16-5)10-12-7(6-14-3)8(17-10)9(13)15-4/h6H2,1-5H3. The lowest BCUT2D eigenvalue weighted by atomic mass is 10.1. The third-order valence-electron chi connectivity index (χ3n) is 2.37. The molecule has 6 heteroatoms. The predicted octanol–water partition coefficient (Wildman–Crippen LogP) is 1.49. The van der Waals surface area contributed by atoms with Crippen LogP contribution in [0, 0.1) is 0 Å². The van der Waals surface area contributed by atoms with Crippen LogP contribution in [0.3, 0.4) is 0 Å². The number of esters is 1. The molecule has 0 radical (unpaired) electrons. The van der Waals surface area contributed by atoms with Crippen molar-refractivity contribution in [3.63, 3.8) is 0 Å². The number of rotatable bonds is 5. The molecule has 0 saturated carbocycles. The molecule has 0 spiro atoms. The smallest absolute Gasteiger partial charge is 0.376 e. The fourth-order valence-electron chi connectivity index (χ4n) is 1.18. The van der Waals surface area contributed by atoms with Crippen LogP contribution in [-0.2, 0) is 26.4 Å². The Morgan fingerprint density at radius 1 is 1.35 bits per heavy atom. The molecule has 0 atom stereocenters. The number of hydrogen-bond acceptors (Lipinski definition) is 6. The molecule has 0 aliphatic rings. The zero-order valence-electron chi connectivity index (χ0n) is 10.7. The summed E-state index contributed by atoms with van der Waals surface area (Å²) in [5, 5.41) is 0. The van der Waals surface area contributed by atoms with Gasteiger partial charge in [0.2, 0.25) is 11.7 Å². The topological polar surface area (TPSA) is 70.8 Å². The lowest BCUT2D eigenvalue weighted by molar-refractivity contribution is -0.00495. The van der Waals surface area contributed by atoms with Crippen LogP contribution in [-0.4, -0.2) is 32.3 Å². The van der Waals surface area contributed by atoms with E-state index >= 15 is 0 Å². The van der Waals surface area contributed by atoms with Gasteiger partial charge in [0, 0.05) is 14.2 Å². The van der Waals surface area contributed by atoms with Gasteiger partial charge >= 0.3 is 5.97 Å². The van der Waals surface area contributed by atoms with Gasteiger partial charge in [0.05, 0.1) is 13.7 Å². The van der Waals surface area contributed by atoms with Gasteiger partial charge in [-0.25, -0.2) is 9.78 Å². The number of methoxy groups -OCH3 is 3. The first-order chi connectivity index (χ1) is 7.96. The molecule has 1 aromatic heterocycles. The fraction of sp³-hybridized carbons (Fsp3) is 0.636. The fourth-order valence-corrected chi connectivity index (χ4v) is 1.18. The van der Waals surface area contributed by atoms with Crippen LogP contribution in [0.4, 0.5) is 0 Å². The van der Waals surface area contributed by atoms with Crippen molar-refractivity contribution in [2.45, 2.75) is 26.1 Å². The Labute approximate surface area is 99.9 Å². The normalized spacial score (nSPS) is 11.6. The lowest BCUT2D eigenvalue weighted by Crippen LogP contribution is -2.19. The van der Waals surface area contributed by atoms with Crippen molar-refractivity contribution in [1.29, 1.82) is 0 Å². The maximum Gasteiger partial charge on any atom is 0.376 e. The van der Waals surface area contributed by atoms with Crippen LogP contribution in [0.1, 0.15) is 36.0 Å². The van der Waals surface area contributed by atoms with Gasteiger partial charge in [0.25, 0.3) is 0 Å². The van der Waals surface area contributed by atoms with Crippen molar-refractivity contribution in [3.8, 4) is 0 Å². The summed E-state index contributed by atoms with van der Waals surface area (Å²) in [5.74, 6) is -0.218. The summed E-state index contributed by atoms with van der Waals surface area (Å²) in [7, 11) is 4.33. The molecule has 0 bridgehead atoms. The molecule has 0 aliphatic heterocycles. The second-order valence-corrected chi connectivity index (χ2v) is 3.93. The van der Waals surface area contributed by atoms with E-state index in [0.717, 1.165) is 0 Å². The number of oxazole rings is 1. The Bertz CT molecular complexity index is 397. The molecule has 0 amide bonds. The Hall–Kier alpha value is -1.40. The van der Waals surface area contributed by atoms with E-state index in [2.05, 4.69) is 9.72 Å². The molecular formula is C11H17NO5. The van der Waals surface area contributed by atoms with E-state index in [-0.39, 0.29) is 12.4 Å². The van der Waals surface area contributed by atoms with Crippen molar-refractivity contribution in [3.05, 3.63) is 17.3 Å². The van der Waals surface area contributed by atoms with Gasteiger partial charge in [0.1, 0.15) is 11.3 Å². The molecule has 0 unspecified atom stereocenters. The summed E-state index contributed by atoms with van der Waals surface area (Å²) in [4.78, 5) is 15.7. The minimum absolute atomic E-state index is 0.0504. The number of carbonyl (C=O) groups excluding carboxylic acids is 1. The molecule has 1 rings (SSSR count). The van der Waals surface area contributed by atoms with Crippen LogP contribution in [0.15, 0.2) is 4.42 Å². The summed E-state index contributed by atoms with van der Waals surface area (Å²) < 4.78 is 20.2. The molecule has 1 aromatic rings. The molecular weight excluding hydrogens is 226 g/mol. The maximum atomic E-state index is 11.5. The third-order valence-corrected chi connectivity index (χ3v) is 2.37. The molecule has 96 valence electrons. The number of nitrogens with zero attached hydrogens (tertiary/aromatic N) is 1. The monoisotopic (exact) mass is 243 g/mol. The Morgan fingerprint density at radius 3 is 2.47 bits per heavy atom. The first-order valence-electron chi connectivity index (χ1n) is 5.08. The van der Waals surface area contributed by atoms with E-state index in [1.807, 2.05) is 0 Å². The number of carbonyl (C=O) groups is 1. The highest BCUT2D eigenvalue weighted by atomic mass is 16.5. The van der Waals surface area contributed by atoms with Crippen LogP contribution < -0.4 is 0 Å². The van der Waals surface area contributed by atoms with Crippen molar-refractivity contribution in [2.75, 3.05) is 21.3 Å². The lowest BCUT2D eigenvalue weighted by Gasteiger charge is -2.17. The highest BCUT2D eigenvalue weighted by Gasteiger charge is 2.30. The van der Waals surface area contributed by atoms with Crippen LogP contribution >= 0.6 is 0 Å². The molecule has 0 saturated heterocycles. The highest BCUT2D eigenvalue weighted by Crippen LogP contribution is 2.26. The summed E-state index contributed by atoms with van der Waals surface area (Å²) in [6, 6.07) is 0. The van der Waals surface area contributed by atoms with E-state index < -0.39 is 11.6 Å². The van der Waals surface area contributed by atoms with E-state index in [4.69, 9.17) is 13.9 Å². The Kier molecular flexibility index (Phi) is 4.25. The second kappa shape index (κ2) is 5.29. The quantitative estimate of drug-likeness (QED) is 0.730. The van der Waals surface area contributed by atoms with Gasteiger partial charge in [-0.15, -0.1) is 0 Å². The van der Waals surface area contributed by atoms with E-state index in [1.54, 1.807) is 13.8 Å². The molecule has 0 aromatic carbocycles. The van der Waals surface area contributed by atoms with Crippen LogP contribution in [0.2, 0.25) is 0 Å². The van der Waals surface area contributed by atoms with Gasteiger partial charge in [-0.05, 0) is 13.8 Å². The molecule has 0 N–H and O–H groups in total. The van der Waals surface area contributed by atoms with Gasteiger partial charge in [-0.3, -0.25) is 0 Å². The van der Waals surface area contributed by atoms with Crippen molar-refractivity contribution in [2.24, 2.45) is 0 Å². The zero-order chi connectivity index (χ0) is 13.1. The largest absolute Gasteiger partial charge is 0.463 e. The van der Waals surface area contributed by atoms with Crippen molar-refractivity contribution in [1.82, 2.24) is 4.98 Å². The molecule has 0 aliphatic carbocycles. The molecule has 1 heterocycles. The third kappa shape index (κ3) is 2.83. The average Bonchev–Trinajstić information content (AvgIpc) is 2.73. The molecule has 0 fully saturated rings. The Balaban J connectivity index is 3.16. The minimum atomic E-state index is -0.714. The maximum absolute atomic E-state index is 11.5. The average molecular weight is 243 g/mol. The zero-order valence-corrected chi connectivity index (χ0v) is 10.7. The van der Waals surface area contributed by atoms with Crippen LogP contribution in [0.25, 0.3) is 0 Å². The van der Waals surface area contributed by atoms with Gasteiger partial charge in [-0.1, -0.05) is 0 Å². The Morgan fingerprint density at radius 2 is 2.00 bits per heavy atom. The van der Waals surface area contributed by atoms with E-state index in [0.29, 0.717) is 11.6 Å². The minimum Gasteiger partial charge on any atom is -0.463 e. The summed E-state index contributed by atoms with van der Waals surface area (Å²) >= 11 is 0. The van der Waals surface area contributed by atoms with Gasteiger partial charge in [-0.2, -0.15) is 0 Å². The molecule has 17 heavy (non-hydrogen) atoms. The summed E-state index contributed by atoms with van der Waals surface area (Å²) in [6.45, 7) is 3.75. The van der Waals surface area contributed by atoms with E-state index in [9.17, 15) is 4.79 Å². The summed E-state index contributed by atoms with van der Waals surface area (Å²) in [6.07, 6.45) is 0. The first-order valence-corrected chi connectivity index (χ1v) is 5.08. The highest BCUT2D eigenvalue weighted by molar-refractivity contribution is 5.87. The van der Waals surface area contributed by atoms with E-state index in [1.165, 1.54) is 21.3 Å². The number of ether oxygens (including phenoxy) is 3. The first kappa shape index (κ1) is 13.7. The summed E-state index contributed by atoms with van der Waals surface area (Å²) in [5.41, 5.74) is -0.311.